The van der Waals surface area contributed by atoms with E-state index in [9.17, 15) is 13.2 Å². The number of Topliss-reactive ketones (excluding diaryl/α,β-unsaturated/α-hetero) is 1. The number of piperidine rings is 1. The van der Waals surface area contributed by atoms with Crippen LogP contribution in [0, 0.1) is 0 Å². The molecule has 1 aliphatic heterocycles. The molecule has 21 heavy (non-hydrogen) atoms. The van der Waals surface area contributed by atoms with Gasteiger partial charge in [-0.05, 0) is 30.7 Å². The first-order valence-electron chi connectivity index (χ1n) is 7.37. The Balaban J connectivity index is 1.97. The third kappa shape index (κ3) is 4.74. The average Bonchev–Trinajstić information content (AvgIpc) is 2.47. The van der Waals surface area contributed by atoms with Crippen molar-refractivity contribution in [3.8, 4) is 0 Å². The first kappa shape index (κ1) is 15.8. The van der Waals surface area contributed by atoms with Crippen molar-refractivity contribution in [3.63, 3.8) is 0 Å². The van der Waals surface area contributed by atoms with E-state index < -0.39 is 10.0 Å². The number of hydrogen-bond donors (Lipinski definition) is 1. The molecule has 116 valence electrons. The summed E-state index contributed by atoms with van der Waals surface area (Å²) in [4.78, 5) is 13.4. The first-order chi connectivity index (χ1) is 10.00. The number of nitrogens with zero attached hydrogens (tertiary/aromatic N) is 1. The predicted octanol–water partition coefficient (Wildman–Crippen LogP) is 2.40. The van der Waals surface area contributed by atoms with E-state index >= 15 is 0 Å². The van der Waals surface area contributed by atoms with Gasteiger partial charge in [-0.3, -0.25) is 9.52 Å². The van der Waals surface area contributed by atoms with E-state index in [1.54, 1.807) is 12.1 Å². The van der Waals surface area contributed by atoms with Crippen LogP contribution in [-0.2, 0) is 14.8 Å². The van der Waals surface area contributed by atoms with Crippen LogP contribution >= 0.6 is 0 Å². The first-order valence-corrected chi connectivity index (χ1v) is 9.02. The van der Waals surface area contributed by atoms with E-state index in [-0.39, 0.29) is 5.75 Å². The van der Waals surface area contributed by atoms with E-state index in [1.807, 2.05) is 19.1 Å². The average molecular weight is 310 g/mol. The summed E-state index contributed by atoms with van der Waals surface area (Å²) in [5.74, 6) is 0.464. The highest BCUT2D eigenvalue weighted by Gasteiger charge is 2.16. The van der Waals surface area contributed by atoms with Crippen LogP contribution in [0.2, 0.25) is 0 Å². The molecule has 1 fully saturated rings. The Bertz CT molecular complexity index is 571. The SMILES string of the molecule is CCCCS(=O)(=O)Nc1ccc(N2CCC(=O)CC2)cc1. The van der Waals surface area contributed by atoms with Crippen molar-refractivity contribution < 1.29 is 13.2 Å². The highest BCUT2D eigenvalue weighted by molar-refractivity contribution is 7.92. The Morgan fingerprint density at radius 2 is 1.76 bits per heavy atom. The van der Waals surface area contributed by atoms with Gasteiger partial charge in [-0.15, -0.1) is 0 Å². The van der Waals surface area contributed by atoms with Crippen LogP contribution in [0.15, 0.2) is 24.3 Å². The summed E-state index contributed by atoms with van der Waals surface area (Å²) in [5, 5.41) is 0. The van der Waals surface area contributed by atoms with E-state index in [0.29, 0.717) is 30.7 Å². The van der Waals surface area contributed by atoms with E-state index in [0.717, 1.165) is 25.2 Å². The van der Waals surface area contributed by atoms with E-state index in [1.165, 1.54) is 0 Å². The molecule has 5 nitrogen and oxygen atoms in total. The molecule has 0 saturated carbocycles. The Kier molecular flexibility index (Phi) is 5.22. The number of sulfonamides is 1. The quantitative estimate of drug-likeness (QED) is 0.876. The van der Waals surface area contributed by atoms with Crippen LogP contribution in [0.25, 0.3) is 0 Å². The topological polar surface area (TPSA) is 66.5 Å². The normalized spacial score (nSPS) is 16.0. The second-order valence-corrected chi connectivity index (χ2v) is 7.19. The summed E-state index contributed by atoms with van der Waals surface area (Å²) in [7, 11) is -3.25. The van der Waals surface area contributed by atoms with Gasteiger partial charge in [0.15, 0.2) is 0 Å². The predicted molar refractivity (Wildman–Crippen MR) is 85.2 cm³/mol. The van der Waals surface area contributed by atoms with Crippen LogP contribution in [0.3, 0.4) is 0 Å². The number of benzene rings is 1. The van der Waals surface area contributed by atoms with Gasteiger partial charge in [-0.25, -0.2) is 8.42 Å². The van der Waals surface area contributed by atoms with Gasteiger partial charge < -0.3 is 4.90 Å². The summed E-state index contributed by atoms with van der Waals surface area (Å²) in [6.07, 6.45) is 2.69. The Labute approximate surface area is 126 Å². The molecule has 1 aromatic carbocycles. The molecule has 1 saturated heterocycles. The number of hydrogen-bond acceptors (Lipinski definition) is 4. The molecule has 0 bridgehead atoms. The summed E-state index contributed by atoms with van der Waals surface area (Å²) < 4.78 is 26.2. The summed E-state index contributed by atoms with van der Waals surface area (Å²) in [6, 6.07) is 7.34. The Morgan fingerprint density at radius 3 is 2.33 bits per heavy atom. The standard InChI is InChI=1S/C15H22N2O3S/c1-2-3-12-21(19,20)16-13-4-6-14(7-5-13)17-10-8-15(18)9-11-17/h4-7,16H,2-3,8-12H2,1H3. The molecule has 0 aliphatic carbocycles. The van der Waals surface area contributed by atoms with Crippen LogP contribution in [0.1, 0.15) is 32.6 Å². The largest absolute Gasteiger partial charge is 0.371 e. The molecule has 0 atom stereocenters. The highest BCUT2D eigenvalue weighted by Crippen LogP contribution is 2.21. The molecule has 6 heteroatoms. The zero-order valence-electron chi connectivity index (χ0n) is 12.3. The molecule has 0 aromatic heterocycles. The Hall–Kier alpha value is -1.56. The van der Waals surface area contributed by atoms with Crippen molar-refractivity contribution in [1.29, 1.82) is 0 Å². The maximum absolute atomic E-state index is 11.8. The van der Waals surface area contributed by atoms with Crippen LogP contribution in [-0.4, -0.2) is 33.0 Å². The number of carbonyl (C=O) groups is 1. The lowest BCUT2D eigenvalue weighted by Crippen LogP contribution is -2.33. The molecule has 1 N–H and O–H groups in total. The third-order valence-corrected chi connectivity index (χ3v) is 4.97. The van der Waals surface area contributed by atoms with Gasteiger partial charge in [0, 0.05) is 37.3 Å². The zero-order valence-corrected chi connectivity index (χ0v) is 13.2. The second kappa shape index (κ2) is 6.93. The van der Waals surface area contributed by atoms with Gasteiger partial charge in [0.1, 0.15) is 5.78 Å². The molecular formula is C15H22N2O3S. The molecule has 1 aliphatic rings. The zero-order chi connectivity index (χ0) is 15.3. The summed E-state index contributed by atoms with van der Waals surface area (Å²) >= 11 is 0. The van der Waals surface area contributed by atoms with Crippen molar-refractivity contribution in [2.24, 2.45) is 0 Å². The number of rotatable bonds is 6. The van der Waals surface area contributed by atoms with Crippen LogP contribution in [0.4, 0.5) is 11.4 Å². The molecule has 1 heterocycles. The van der Waals surface area contributed by atoms with Gasteiger partial charge in [0.05, 0.1) is 5.75 Å². The molecule has 2 rings (SSSR count). The van der Waals surface area contributed by atoms with E-state index in [2.05, 4.69) is 9.62 Å². The molecule has 0 amide bonds. The lowest BCUT2D eigenvalue weighted by Gasteiger charge is -2.28. The van der Waals surface area contributed by atoms with Gasteiger partial charge in [-0.1, -0.05) is 13.3 Å². The van der Waals surface area contributed by atoms with Crippen molar-refractivity contribution in [2.45, 2.75) is 32.6 Å². The fourth-order valence-electron chi connectivity index (χ4n) is 2.32. The number of anilines is 2. The highest BCUT2D eigenvalue weighted by atomic mass is 32.2. The van der Waals surface area contributed by atoms with E-state index in [4.69, 9.17) is 0 Å². The third-order valence-electron chi connectivity index (χ3n) is 3.59. The monoisotopic (exact) mass is 310 g/mol. The molecule has 0 unspecified atom stereocenters. The lowest BCUT2D eigenvalue weighted by atomic mass is 10.1. The molecule has 1 aromatic rings. The fraction of sp³-hybridized carbons (Fsp3) is 0.533. The van der Waals surface area contributed by atoms with Crippen molar-refractivity contribution in [2.75, 3.05) is 28.5 Å². The van der Waals surface area contributed by atoms with Gasteiger partial charge in [-0.2, -0.15) is 0 Å². The van der Waals surface area contributed by atoms with Crippen molar-refractivity contribution in [1.82, 2.24) is 0 Å². The Morgan fingerprint density at radius 1 is 1.14 bits per heavy atom. The minimum absolute atomic E-state index is 0.152. The van der Waals surface area contributed by atoms with Gasteiger partial charge >= 0.3 is 0 Å². The summed E-state index contributed by atoms with van der Waals surface area (Å²) in [6.45, 7) is 3.44. The van der Waals surface area contributed by atoms with Crippen LogP contribution in [0.5, 0.6) is 0 Å². The number of ketones is 1. The van der Waals surface area contributed by atoms with Crippen LogP contribution < -0.4 is 9.62 Å². The maximum atomic E-state index is 11.8. The number of unbranched alkanes of at least 4 members (excludes halogenated alkanes) is 1. The van der Waals surface area contributed by atoms with Gasteiger partial charge in [0.2, 0.25) is 10.0 Å². The fourth-order valence-corrected chi connectivity index (χ4v) is 3.59. The number of carbonyl (C=O) groups excluding carboxylic acids is 1. The van der Waals surface area contributed by atoms with Gasteiger partial charge in [0.25, 0.3) is 0 Å². The molecule has 0 radical (unpaired) electrons. The minimum Gasteiger partial charge on any atom is -0.371 e. The van der Waals surface area contributed by atoms with Crippen molar-refractivity contribution in [3.05, 3.63) is 24.3 Å². The minimum atomic E-state index is -3.25. The van der Waals surface area contributed by atoms with Crippen molar-refractivity contribution >= 4 is 27.2 Å². The molecule has 0 spiro atoms. The maximum Gasteiger partial charge on any atom is 0.232 e. The summed E-state index contributed by atoms with van der Waals surface area (Å²) in [5.41, 5.74) is 1.61. The lowest BCUT2D eigenvalue weighted by molar-refractivity contribution is -0.119. The second-order valence-electron chi connectivity index (χ2n) is 5.35. The number of nitrogens with one attached hydrogen (secondary N) is 1. The smallest absolute Gasteiger partial charge is 0.232 e. The molecular weight excluding hydrogens is 288 g/mol.